The van der Waals surface area contributed by atoms with Crippen molar-refractivity contribution in [1.82, 2.24) is 10.3 Å². The van der Waals surface area contributed by atoms with Crippen LogP contribution in [0.3, 0.4) is 0 Å². The van der Waals surface area contributed by atoms with Gasteiger partial charge in [0.2, 0.25) is 0 Å². The SMILES string of the molecule is CC(C)(C)NCCCCSc1ncco1. The molecular formula is C11H20N2OS. The van der Waals surface area contributed by atoms with Crippen LogP contribution in [0.5, 0.6) is 0 Å². The molecule has 15 heavy (non-hydrogen) atoms. The molecule has 0 aliphatic rings. The maximum Gasteiger partial charge on any atom is 0.255 e. The van der Waals surface area contributed by atoms with Crippen LogP contribution < -0.4 is 5.32 Å². The summed E-state index contributed by atoms with van der Waals surface area (Å²) >= 11 is 1.68. The third kappa shape index (κ3) is 6.57. The van der Waals surface area contributed by atoms with Crippen molar-refractivity contribution in [2.45, 2.75) is 44.4 Å². The highest BCUT2D eigenvalue weighted by molar-refractivity contribution is 7.99. The van der Waals surface area contributed by atoms with Crippen LogP contribution in [0.25, 0.3) is 0 Å². The van der Waals surface area contributed by atoms with Gasteiger partial charge < -0.3 is 9.73 Å². The van der Waals surface area contributed by atoms with E-state index in [2.05, 4.69) is 31.1 Å². The Morgan fingerprint density at radius 2 is 2.20 bits per heavy atom. The van der Waals surface area contributed by atoms with Gasteiger partial charge in [0.05, 0.1) is 6.20 Å². The summed E-state index contributed by atoms with van der Waals surface area (Å²) in [4.78, 5) is 4.05. The van der Waals surface area contributed by atoms with E-state index in [9.17, 15) is 0 Å². The third-order valence-electron chi connectivity index (χ3n) is 1.86. The Morgan fingerprint density at radius 3 is 2.80 bits per heavy atom. The number of oxazole rings is 1. The summed E-state index contributed by atoms with van der Waals surface area (Å²) < 4.78 is 5.13. The highest BCUT2D eigenvalue weighted by Gasteiger charge is 2.07. The first-order chi connectivity index (χ1) is 7.08. The summed E-state index contributed by atoms with van der Waals surface area (Å²) in [6.45, 7) is 7.65. The van der Waals surface area contributed by atoms with Crippen LogP contribution in [-0.2, 0) is 0 Å². The summed E-state index contributed by atoms with van der Waals surface area (Å²) in [7, 11) is 0. The highest BCUT2D eigenvalue weighted by Crippen LogP contribution is 2.16. The van der Waals surface area contributed by atoms with Crippen molar-refractivity contribution in [3.8, 4) is 0 Å². The predicted octanol–water partition coefficient (Wildman–Crippen LogP) is 2.94. The molecule has 0 aliphatic carbocycles. The van der Waals surface area contributed by atoms with Gasteiger partial charge in [0.25, 0.3) is 5.22 Å². The molecule has 0 spiro atoms. The number of thioether (sulfide) groups is 1. The van der Waals surface area contributed by atoms with Gasteiger partial charge in [-0.15, -0.1) is 0 Å². The molecular weight excluding hydrogens is 208 g/mol. The third-order valence-corrected chi connectivity index (χ3v) is 2.80. The van der Waals surface area contributed by atoms with Crippen molar-refractivity contribution in [2.75, 3.05) is 12.3 Å². The molecule has 0 aromatic carbocycles. The fourth-order valence-corrected chi connectivity index (χ4v) is 1.91. The van der Waals surface area contributed by atoms with Crippen molar-refractivity contribution in [1.29, 1.82) is 0 Å². The molecule has 1 rings (SSSR count). The van der Waals surface area contributed by atoms with Gasteiger partial charge in [0.15, 0.2) is 0 Å². The zero-order valence-electron chi connectivity index (χ0n) is 9.75. The van der Waals surface area contributed by atoms with Gasteiger partial charge in [0.1, 0.15) is 6.26 Å². The second-order valence-electron chi connectivity index (χ2n) is 4.53. The van der Waals surface area contributed by atoms with Crippen LogP contribution in [-0.4, -0.2) is 22.8 Å². The summed E-state index contributed by atoms with van der Waals surface area (Å²) in [6.07, 6.45) is 5.69. The molecule has 0 bridgehead atoms. The van der Waals surface area contributed by atoms with E-state index in [1.165, 1.54) is 12.8 Å². The molecule has 86 valence electrons. The number of hydrogen-bond acceptors (Lipinski definition) is 4. The molecule has 0 atom stereocenters. The molecule has 0 saturated carbocycles. The lowest BCUT2D eigenvalue weighted by Crippen LogP contribution is -2.36. The average molecular weight is 228 g/mol. The molecule has 0 fully saturated rings. The van der Waals surface area contributed by atoms with E-state index >= 15 is 0 Å². The van der Waals surface area contributed by atoms with E-state index in [-0.39, 0.29) is 5.54 Å². The quantitative estimate of drug-likeness (QED) is 0.600. The van der Waals surface area contributed by atoms with Crippen LogP contribution in [0.4, 0.5) is 0 Å². The van der Waals surface area contributed by atoms with E-state index < -0.39 is 0 Å². The van der Waals surface area contributed by atoms with Gasteiger partial charge in [-0.05, 0) is 40.2 Å². The van der Waals surface area contributed by atoms with Crippen molar-refractivity contribution < 1.29 is 4.42 Å². The number of rotatable bonds is 6. The Bertz CT molecular complexity index is 254. The topological polar surface area (TPSA) is 38.1 Å². The minimum atomic E-state index is 0.232. The molecule has 0 radical (unpaired) electrons. The van der Waals surface area contributed by atoms with Gasteiger partial charge in [-0.2, -0.15) is 0 Å². The van der Waals surface area contributed by atoms with Crippen molar-refractivity contribution in [2.24, 2.45) is 0 Å². The van der Waals surface area contributed by atoms with E-state index in [1.54, 1.807) is 24.2 Å². The first kappa shape index (κ1) is 12.6. The number of nitrogens with one attached hydrogen (secondary N) is 1. The van der Waals surface area contributed by atoms with Crippen molar-refractivity contribution >= 4 is 11.8 Å². The monoisotopic (exact) mass is 228 g/mol. The summed E-state index contributed by atoms with van der Waals surface area (Å²) in [6, 6.07) is 0. The van der Waals surface area contributed by atoms with Crippen molar-refractivity contribution in [3.05, 3.63) is 12.5 Å². The van der Waals surface area contributed by atoms with Gasteiger partial charge in [-0.3, -0.25) is 0 Å². The van der Waals surface area contributed by atoms with Crippen molar-refractivity contribution in [3.63, 3.8) is 0 Å². The molecule has 1 heterocycles. The van der Waals surface area contributed by atoms with Crippen LogP contribution in [0.2, 0.25) is 0 Å². The lowest BCUT2D eigenvalue weighted by atomic mass is 10.1. The molecule has 4 heteroatoms. The highest BCUT2D eigenvalue weighted by atomic mass is 32.2. The Balaban J connectivity index is 1.94. The lowest BCUT2D eigenvalue weighted by Gasteiger charge is -2.20. The fourth-order valence-electron chi connectivity index (χ4n) is 1.13. The fraction of sp³-hybridized carbons (Fsp3) is 0.727. The second-order valence-corrected chi connectivity index (χ2v) is 5.58. The predicted molar refractivity (Wildman–Crippen MR) is 64.2 cm³/mol. The Kier molecular flexibility index (Phi) is 5.19. The van der Waals surface area contributed by atoms with Crippen LogP contribution in [0.1, 0.15) is 33.6 Å². The number of unbranched alkanes of at least 4 members (excludes halogenated alkanes) is 1. The molecule has 0 saturated heterocycles. The van der Waals surface area contributed by atoms with Gasteiger partial charge >= 0.3 is 0 Å². The van der Waals surface area contributed by atoms with Gasteiger partial charge in [0, 0.05) is 11.3 Å². The minimum absolute atomic E-state index is 0.232. The zero-order chi connectivity index (χ0) is 11.1. The number of aromatic nitrogens is 1. The van der Waals surface area contributed by atoms with Crippen LogP contribution in [0, 0.1) is 0 Å². The molecule has 0 amide bonds. The molecule has 1 N–H and O–H groups in total. The van der Waals surface area contributed by atoms with Crippen LogP contribution >= 0.6 is 11.8 Å². The largest absolute Gasteiger partial charge is 0.440 e. The van der Waals surface area contributed by atoms with E-state index in [4.69, 9.17) is 4.42 Å². The zero-order valence-corrected chi connectivity index (χ0v) is 10.6. The van der Waals surface area contributed by atoms with E-state index in [0.717, 1.165) is 17.5 Å². The summed E-state index contributed by atoms with van der Waals surface area (Å²) in [5.74, 6) is 1.08. The maximum absolute atomic E-state index is 5.13. The van der Waals surface area contributed by atoms with Gasteiger partial charge in [-0.1, -0.05) is 11.8 Å². The first-order valence-corrected chi connectivity index (χ1v) is 6.34. The van der Waals surface area contributed by atoms with E-state index in [0.29, 0.717) is 0 Å². The average Bonchev–Trinajstić information content (AvgIpc) is 2.61. The van der Waals surface area contributed by atoms with E-state index in [1.807, 2.05) is 0 Å². The summed E-state index contributed by atoms with van der Waals surface area (Å²) in [5.41, 5.74) is 0.232. The number of nitrogens with zero attached hydrogens (tertiary/aromatic N) is 1. The molecule has 3 nitrogen and oxygen atoms in total. The second kappa shape index (κ2) is 6.18. The molecule has 1 aromatic heterocycles. The normalized spacial score (nSPS) is 11.9. The first-order valence-electron chi connectivity index (χ1n) is 5.35. The standard InChI is InChI=1S/C11H20N2OS/c1-11(2,3)13-6-4-5-9-15-10-12-7-8-14-10/h7-8,13H,4-6,9H2,1-3H3. The lowest BCUT2D eigenvalue weighted by molar-refractivity contribution is 0.421. The minimum Gasteiger partial charge on any atom is -0.440 e. The van der Waals surface area contributed by atoms with Crippen LogP contribution in [0.15, 0.2) is 22.1 Å². The Morgan fingerprint density at radius 1 is 1.40 bits per heavy atom. The summed E-state index contributed by atoms with van der Waals surface area (Å²) in [5, 5.41) is 4.24. The maximum atomic E-state index is 5.13. The molecule has 1 aromatic rings. The number of hydrogen-bond donors (Lipinski definition) is 1. The van der Waals surface area contributed by atoms with Gasteiger partial charge in [-0.25, -0.2) is 4.98 Å². The molecule has 0 aliphatic heterocycles. The smallest absolute Gasteiger partial charge is 0.255 e. The molecule has 0 unspecified atom stereocenters. The Hall–Kier alpha value is -0.480. The Labute approximate surface area is 96.0 Å².